The van der Waals surface area contributed by atoms with Crippen LogP contribution < -0.4 is 5.32 Å². The summed E-state index contributed by atoms with van der Waals surface area (Å²) < 4.78 is 0. The molecule has 0 bridgehead atoms. The van der Waals surface area contributed by atoms with E-state index in [9.17, 15) is 9.59 Å². The van der Waals surface area contributed by atoms with E-state index in [-0.39, 0.29) is 17.9 Å². The van der Waals surface area contributed by atoms with E-state index in [1.54, 1.807) is 19.0 Å². The molecule has 2 aromatic rings. The first-order valence-electron chi connectivity index (χ1n) is 10.2. The Labute approximate surface area is 173 Å². The molecule has 1 aliphatic carbocycles. The topological polar surface area (TPSA) is 49.4 Å². The molecule has 0 radical (unpaired) electrons. The summed E-state index contributed by atoms with van der Waals surface area (Å²) in [6.07, 6.45) is 3.30. The van der Waals surface area contributed by atoms with E-state index in [0.717, 1.165) is 41.5 Å². The van der Waals surface area contributed by atoms with E-state index < -0.39 is 0 Å². The van der Waals surface area contributed by atoms with E-state index in [0.29, 0.717) is 11.1 Å². The van der Waals surface area contributed by atoms with Crippen molar-refractivity contribution in [1.29, 1.82) is 0 Å². The molecule has 1 N–H and O–H groups in total. The number of fused-ring (bicyclic) bond motifs is 1. The first-order valence-corrected chi connectivity index (χ1v) is 10.2. The number of nitrogens with zero attached hydrogens (tertiary/aromatic N) is 1. The van der Waals surface area contributed by atoms with Crippen LogP contribution in [-0.4, -0.2) is 36.9 Å². The highest BCUT2D eigenvalue weighted by molar-refractivity contribution is 6.00. The molecule has 3 rings (SSSR count). The number of nitrogens with one attached hydrogen (secondary N) is 1. The summed E-state index contributed by atoms with van der Waals surface area (Å²) in [7, 11) is 3.42. The third-order valence-electron chi connectivity index (χ3n) is 6.20. The highest BCUT2D eigenvalue weighted by atomic mass is 16.2. The van der Waals surface area contributed by atoms with Crippen LogP contribution in [0.5, 0.6) is 0 Å². The van der Waals surface area contributed by atoms with Crippen molar-refractivity contribution in [1.82, 2.24) is 10.2 Å². The highest BCUT2D eigenvalue weighted by Gasteiger charge is 2.24. The molecule has 4 nitrogen and oxygen atoms in total. The quantitative estimate of drug-likeness (QED) is 0.826. The fraction of sp³-hybridized carbons (Fsp3) is 0.360. The van der Waals surface area contributed by atoms with Crippen molar-refractivity contribution < 1.29 is 9.59 Å². The Bertz CT molecular complexity index is 991. The van der Waals surface area contributed by atoms with E-state index in [1.807, 2.05) is 45.0 Å². The van der Waals surface area contributed by atoms with Gasteiger partial charge in [0.25, 0.3) is 11.8 Å². The van der Waals surface area contributed by atoms with Gasteiger partial charge in [0, 0.05) is 25.2 Å². The second-order valence-electron chi connectivity index (χ2n) is 8.02. The van der Waals surface area contributed by atoms with Crippen molar-refractivity contribution in [3.05, 3.63) is 75.9 Å². The lowest BCUT2D eigenvalue weighted by Crippen LogP contribution is -2.36. The lowest BCUT2D eigenvalue weighted by Gasteiger charge is -2.28. The van der Waals surface area contributed by atoms with Crippen LogP contribution in [0.2, 0.25) is 0 Å². The number of aryl methyl sites for hydroxylation is 4. The summed E-state index contributed by atoms with van der Waals surface area (Å²) in [5, 5.41) is 2.70. The van der Waals surface area contributed by atoms with Crippen molar-refractivity contribution in [2.45, 2.75) is 46.1 Å². The van der Waals surface area contributed by atoms with Gasteiger partial charge in [0.05, 0.1) is 6.04 Å². The van der Waals surface area contributed by atoms with Crippen LogP contribution in [0, 0.1) is 13.8 Å². The molecule has 0 aromatic heterocycles. The number of hydrogen-bond donors (Lipinski definition) is 1. The average Bonchev–Trinajstić information content (AvgIpc) is 3.20. The number of rotatable bonds is 5. The fourth-order valence-corrected chi connectivity index (χ4v) is 3.95. The van der Waals surface area contributed by atoms with E-state index in [4.69, 9.17) is 0 Å². The number of benzene rings is 2. The van der Waals surface area contributed by atoms with Crippen LogP contribution in [0.3, 0.4) is 0 Å². The molecular weight excluding hydrogens is 360 g/mol. The van der Waals surface area contributed by atoms with E-state index in [2.05, 4.69) is 18.0 Å². The third kappa shape index (κ3) is 3.98. The monoisotopic (exact) mass is 390 g/mol. The van der Waals surface area contributed by atoms with Gasteiger partial charge in [-0.05, 0) is 91.6 Å². The van der Waals surface area contributed by atoms with E-state index in [1.165, 1.54) is 11.1 Å². The lowest BCUT2D eigenvalue weighted by atomic mass is 9.91. The molecule has 1 unspecified atom stereocenters. The standard InChI is InChI=1S/C25H30N2O2/c1-15-12-22(23(13-16(15)2)24(28)26-5)17(3)18(4)27(6)25(29)21-11-10-19-8-7-9-20(19)14-21/h10-14,18H,3,7-9H2,1-2,4-6H3,(H,26,28). The first-order chi connectivity index (χ1) is 13.7. The Hall–Kier alpha value is -2.88. The summed E-state index contributed by atoms with van der Waals surface area (Å²) in [6.45, 7) is 10.2. The molecule has 0 saturated carbocycles. The zero-order chi connectivity index (χ0) is 21.3. The molecule has 0 heterocycles. The number of carbonyl (C=O) groups excluding carboxylic acids is 2. The van der Waals surface area contributed by atoms with Gasteiger partial charge in [0.15, 0.2) is 0 Å². The van der Waals surface area contributed by atoms with Gasteiger partial charge in [-0.25, -0.2) is 0 Å². The Morgan fingerprint density at radius 2 is 1.66 bits per heavy atom. The van der Waals surface area contributed by atoms with Crippen molar-refractivity contribution in [3.63, 3.8) is 0 Å². The maximum atomic E-state index is 13.1. The third-order valence-corrected chi connectivity index (χ3v) is 6.20. The van der Waals surface area contributed by atoms with Gasteiger partial charge in [-0.15, -0.1) is 0 Å². The summed E-state index contributed by atoms with van der Waals surface area (Å²) in [6, 6.07) is 9.67. The van der Waals surface area contributed by atoms with Gasteiger partial charge >= 0.3 is 0 Å². The summed E-state index contributed by atoms with van der Waals surface area (Å²) in [4.78, 5) is 27.3. The zero-order valence-corrected chi connectivity index (χ0v) is 18.1. The number of amides is 2. The van der Waals surface area contributed by atoms with Crippen LogP contribution in [0.25, 0.3) is 5.57 Å². The molecule has 0 spiro atoms. The number of likely N-dealkylation sites (N-methyl/N-ethyl adjacent to an activating group) is 1. The molecule has 29 heavy (non-hydrogen) atoms. The van der Waals surface area contributed by atoms with Gasteiger partial charge in [-0.1, -0.05) is 18.7 Å². The predicted molar refractivity (Wildman–Crippen MR) is 118 cm³/mol. The second-order valence-corrected chi connectivity index (χ2v) is 8.02. The molecule has 0 aliphatic heterocycles. The number of carbonyl (C=O) groups is 2. The second kappa shape index (κ2) is 8.24. The average molecular weight is 391 g/mol. The molecule has 2 amide bonds. The van der Waals surface area contributed by atoms with Gasteiger partial charge in [0.2, 0.25) is 0 Å². The molecule has 2 aromatic carbocycles. The maximum Gasteiger partial charge on any atom is 0.254 e. The SMILES string of the molecule is C=C(c1cc(C)c(C)cc1C(=O)NC)C(C)N(C)C(=O)c1ccc2c(c1)CCC2. The molecule has 4 heteroatoms. The Kier molecular flexibility index (Phi) is 5.92. The Balaban J connectivity index is 1.89. The van der Waals surface area contributed by atoms with Crippen molar-refractivity contribution in [2.24, 2.45) is 0 Å². The van der Waals surface area contributed by atoms with Crippen molar-refractivity contribution in [2.75, 3.05) is 14.1 Å². The normalized spacial score (nSPS) is 13.6. The molecule has 0 saturated heterocycles. The lowest BCUT2D eigenvalue weighted by molar-refractivity contribution is 0.0774. The van der Waals surface area contributed by atoms with Gasteiger partial charge in [-0.3, -0.25) is 9.59 Å². The highest BCUT2D eigenvalue weighted by Crippen LogP contribution is 2.28. The number of hydrogen-bond acceptors (Lipinski definition) is 2. The zero-order valence-electron chi connectivity index (χ0n) is 18.1. The summed E-state index contributed by atoms with van der Waals surface area (Å²) in [5.74, 6) is -0.178. The molecular formula is C25H30N2O2. The first kappa shape index (κ1) is 20.8. The van der Waals surface area contributed by atoms with Crippen LogP contribution in [0.15, 0.2) is 36.9 Å². The van der Waals surface area contributed by atoms with E-state index >= 15 is 0 Å². The van der Waals surface area contributed by atoms with Crippen LogP contribution >= 0.6 is 0 Å². The molecule has 152 valence electrons. The molecule has 1 atom stereocenters. The van der Waals surface area contributed by atoms with Crippen molar-refractivity contribution >= 4 is 17.4 Å². The predicted octanol–water partition coefficient (Wildman–Crippen LogP) is 4.33. The van der Waals surface area contributed by atoms with Gasteiger partial charge in [0.1, 0.15) is 0 Å². The largest absolute Gasteiger partial charge is 0.355 e. The molecule has 0 fully saturated rings. The smallest absolute Gasteiger partial charge is 0.254 e. The molecule has 1 aliphatic rings. The van der Waals surface area contributed by atoms with Crippen molar-refractivity contribution in [3.8, 4) is 0 Å². The minimum absolute atomic E-state index is 0.0290. The van der Waals surface area contributed by atoms with Gasteiger partial charge in [-0.2, -0.15) is 0 Å². The van der Waals surface area contributed by atoms with Gasteiger partial charge < -0.3 is 10.2 Å². The van der Waals surface area contributed by atoms with Crippen LogP contribution in [-0.2, 0) is 12.8 Å². The summed E-state index contributed by atoms with van der Waals surface area (Å²) >= 11 is 0. The Morgan fingerprint density at radius 3 is 2.31 bits per heavy atom. The maximum absolute atomic E-state index is 13.1. The van der Waals surface area contributed by atoms with Crippen LogP contribution in [0.1, 0.15) is 61.9 Å². The fourth-order valence-electron chi connectivity index (χ4n) is 3.95. The van der Waals surface area contributed by atoms with Crippen LogP contribution in [0.4, 0.5) is 0 Å². The minimum atomic E-state index is -0.249. The summed E-state index contributed by atoms with van der Waals surface area (Å²) in [5.41, 5.74) is 7.62. The minimum Gasteiger partial charge on any atom is -0.355 e. The Morgan fingerprint density at radius 1 is 1.03 bits per heavy atom.